The van der Waals surface area contributed by atoms with E-state index in [1.807, 2.05) is 0 Å². The molecule has 1 aromatic carbocycles. The highest BCUT2D eigenvalue weighted by Crippen LogP contribution is 2.25. The molecule has 1 fully saturated rings. The van der Waals surface area contributed by atoms with Crippen molar-refractivity contribution >= 4 is 27.7 Å². The third kappa shape index (κ3) is 2.80. The Balaban J connectivity index is 1.83. The fraction of sp³-hybridized carbons (Fsp3) is 0.235. The van der Waals surface area contributed by atoms with E-state index in [1.165, 1.54) is 28.6 Å². The van der Waals surface area contributed by atoms with Crippen LogP contribution < -0.4 is 16.6 Å². The predicted molar refractivity (Wildman–Crippen MR) is 97.8 cm³/mol. The van der Waals surface area contributed by atoms with Gasteiger partial charge in [0.15, 0.2) is 0 Å². The maximum Gasteiger partial charge on any atom is 0.262 e. The van der Waals surface area contributed by atoms with Crippen LogP contribution in [0.1, 0.15) is 20.7 Å². The summed E-state index contributed by atoms with van der Waals surface area (Å²) in [5.74, 6) is -1.63. The normalized spacial score (nSPS) is 17.4. The molecule has 0 unspecified atom stereocenters. The summed E-state index contributed by atoms with van der Waals surface area (Å²) in [5, 5.41) is 2.08. The Labute approximate surface area is 159 Å². The first-order valence-electron chi connectivity index (χ1n) is 8.40. The summed E-state index contributed by atoms with van der Waals surface area (Å²) >= 11 is 0. The van der Waals surface area contributed by atoms with Gasteiger partial charge in [-0.1, -0.05) is 6.07 Å². The molecular formula is C17H16N4O6S. The molecule has 28 heavy (non-hydrogen) atoms. The number of morpholine rings is 1. The number of carbonyl (C=O) groups is 2. The number of hydrogen-bond donors (Lipinski definition) is 2. The molecule has 1 aromatic heterocycles. The van der Waals surface area contributed by atoms with Gasteiger partial charge in [0.25, 0.3) is 17.4 Å². The van der Waals surface area contributed by atoms with Crippen molar-refractivity contribution in [3.63, 3.8) is 0 Å². The maximum atomic E-state index is 12.9. The Morgan fingerprint density at radius 2 is 1.75 bits per heavy atom. The van der Waals surface area contributed by atoms with Crippen LogP contribution in [0.4, 0.5) is 5.82 Å². The molecule has 0 spiro atoms. The van der Waals surface area contributed by atoms with Crippen LogP contribution >= 0.6 is 0 Å². The average molecular weight is 404 g/mol. The zero-order valence-corrected chi connectivity index (χ0v) is 15.4. The van der Waals surface area contributed by atoms with Crippen molar-refractivity contribution in [3.8, 4) is 5.69 Å². The van der Waals surface area contributed by atoms with Gasteiger partial charge in [0.1, 0.15) is 5.82 Å². The number of nitrogens with one attached hydrogen (secondary N) is 1. The first kappa shape index (κ1) is 18.3. The first-order chi connectivity index (χ1) is 13.3. The van der Waals surface area contributed by atoms with Crippen molar-refractivity contribution in [2.24, 2.45) is 0 Å². The summed E-state index contributed by atoms with van der Waals surface area (Å²) in [6.45, 7) is 1.07. The lowest BCUT2D eigenvalue weighted by Gasteiger charge is -2.26. The summed E-state index contributed by atoms with van der Waals surface area (Å²) in [6, 6.07) is 6.71. The minimum atomic E-state index is -3.79. The summed E-state index contributed by atoms with van der Waals surface area (Å²) in [4.78, 5) is 36.3. The Morgan fingerprint density at radius 3 is 2.46 bits per heavy atom. The number of imide groups is 1. The molecule has 4 rings (SSSR count). The lowest BCUT2D eigenvalue weighted by molar-refractivity contribution is 0.0730. The molecule has 0 saturated carbocycles. The molecule has 3 heterocycles. The number of pyridine rings is 1. The molecule has 10 nitrogen and oxygen atoms in total. The van der Waals surface area contributed by atoms with E-state index >= 15 is 0 Å². The monoisotopic (exact) mass is 404 g/mol. The summed E-state index contributed by atoms with van der Waals surface area (Å²) in [5.41, 5.74) is 5.32. The fourth-order valence-electron chi connectivity index (χ4n) is 3.26. The van der Waals surface area contributed by atoms with Gasteiger partial charge in [-0.3, -0.25) is 24.3 Å². The van der Waals surface area contributed by atoms with Gasteiger partial charge < -0.3 is 10.5 Å². The molecule has 0 bridgehead atoms. The summed E-state index contributed by atoms with van der Waals surface area (Å²) in [7, 11) is -3.79. The van der Waals surface area contributed by atoms with Crippen LogP contribution in [0.15, 0.2) is 40.0 Å². The van der Waals surface area contributed by atoms with Gasteiger partial charge in [-0.25, -0.2) is 8.42 Å². The standard InChI is InChI=1S/C17H16N4O6S/c18-15-14-12(16(23)19-17(14)24)9-13(22)21(15)10-2-1-3-11(8-10)28(25,26)20-4-6-27-7-5-20/h1-3,8-9H,4-7,18H2,(H,19,23,24). The molecule has 2 aliphatic rings. The largest absolute Gasteiger partial charge is 0.384 e. The van der Waals surface area contributed by atoms with E-state index < -0.39 is 27.4 Å². The topological polar surface area (TPSA) is 141 Å². The van der Waals surface area contributed by atoms with Crippen LogP contribution in [0, 0.1) is 0 Å². The van der Waals surface area contributed by atoms with Gasteiger partial charge in [-0.2, -0.15) is 4.31 Å². The van der Waals surface area contributed by atoms with Crippen LogP contribution in [0.3, 0.4) is 0 Å². The Morgan fingerprint density at radius 1 is 1.04 bits per heavy atom. The number of nitrogen functional groups attached to an aromatic ring is 1. The highest BCUT2D eigenvalue weighted by molar-refractivity contribution is 7.89. The van der Waals surface area contributed by atoms with Crippen LogP contribution in [0.2, 0.25) is 0 Å². The quantitative estimate of drug-likeness (QED) is 0.646. The number of carbonyl (C=O) groups excluding carboxylic acids is 2. The van der Waals surface area contributed by atoms with E-state index in [0.717, 1.165) is 10.6 Å². The predicted octanol–water partition coefficient (Wildman–Crippen LogP) is -0.676. The maximum absolute atomic E-state index is 12.9. The highest BCUT2D eigenvalue weighted by Gasteiger charge is 2.32. The van der Waals surface area contributed by atoms with E-state index in [4.69, 9.17) is 10.5 Å². The molecule has 0 radical (unpaired) electrons. The average Bonchev–Trinajstić information content (AvgIpc) is 2.96. The molecule has 1 saturated heterocycles. The van der Waals surface area contributed by atoms with Gasteiger partial charge in [-0.15, -0.1) is 0 Å². The lowest BCUT2D eigenvalue weighted by Crippen LogP contribution is -2.40. The SMILES string of the molecule is Nc1c2c(cc(=O)n1-c1cccc(S(=O)(=O)N3CCOCC3)c1)C(=O)NC2=O. The fourth-order valence-corrected chi connectivity index (χ4v) is 4.71. The minimum Gasteiger partial charge on any atom is -0.384 e. The summed E-state index contributed by atoms with van der Waals surface area (Å²) < 4.78 is 33.2. The number of ether oxygens (including phenoxy) is 1. The second-order valence-corrected chi connectivity index (χ2v) is 8.23. The molecule has 0 aliphatic carbocycles. The number of nitrogens with zero attached hydrogens (tertiary/aromatic N) is 2. The lowest BCUT2D eigenvalue weighted by atomic mass is 10.1. The van der Waals surface area contributed by atoms with Crippen molar-refractivity contribution < 1.29 is 22.7 Å². The van der Waals surface area contributed by atoms with E-state index in [0.29, 0.717) is 13.2 Å². The number of aromatic nitrogens is 1. The minimum absolute atomic E-state index is 0.0146. The van der Waals surface area contributed by atoms with Gasteiger partial charge in [0, 0.05) is 19.2 Å². The third-order valence-electron chi connectivity index (χ3n) is 4.64. The molecule has 146 valence electrons. The van der Waals surface area contributed by atoms with Gasteiger partial charge in [-0.05, 0) is 18.2 Å². The second-order valence-electron chi connectivity index (χ2n) is 6.29. The molecule has 2 aromatic rings. The Hall–Kier alpha value is -3.02. The summed E-state index contributed by atoms with van der Waals surface area (Å²) in [6.07, 6.45) is 0. The number of benzene rings is 1. The first-order valence-corrected chi connectivity index (χ1v) is 9.84. The molecule has 2 aliphatic heterocycles. The van der Waals surface area contributed by atoms with E-state index in [-0.39, 0.29) is 40.6 Å². The molecule has 3 N–H and O–H groups in total. The molecule has 11 heteroatoms. The second kappa shape index (κ2) is 6.55. The Bertz CT molecular complexity index is 1160. The molecule has 2 amide bonds. The zero-order chi connectivity index (χ0) is 20.1. The number of nitrogens with two attached hydrogens (primary N) is 1. The van der Waals surface area contributed by atoms with Crippen molar-refractivity contribution in [3.05, 3.63) is 51.8 Å². The van der Waals surface area contributed by atoms with Crippen molar-refractivity contribution in [2.45, 2.75) is 4.90 Å². The molecular weight excluding hydrogens is 388 g/mol. The van der Waals surface area contributed by atoms with Crippen molar-refractivity contribution in [1.29, 1.82) is 0 Å². The number of sulfonamides is 1. The molecule has 0 atom stereocenters. The number of fused-ring (bicyclic) bond motifs is 1. The third-order valence-corrected chi connectivity index (χ3v) is 6.53. The van der Waals surface area contributed by atoms with Gasteiger partial charge in [0.05, 0.1) is 34.9 Å². The van der Waals surface area contributed by atoms with E-state index in [2.05, 4.69) is 5.32 Å². The number of amides is 2. The number of rotatable bonds is 3. The van der Waals surface area contributed by atoms with Crippen LogP contribution in [0.5, 0.6) is 0 Å². The number of hydrogen-bond acceptors (Lipinski definition) is 7. The smallest absolute Gasteiger partial charge is 0.262 e. The van der Waals surface area contributed by atoms with Crippen LogP contribution in [-0.4, -0.2) is 55.4 Å². The van der Waals surface area contributed by atoms with E-state index in [1.54, 1.807) is 0 Å². The van der Waals surface area contributed by atoms with Gasteiger partial charge in [0.2, 0.25) is 10.0 Å². The van der Waals surface area contributed by atoms with Crippen molar-refractivity contribution in [2.75, 3.05) is 32.0 Å². The van der Waals surface area contributed by atoms with Crippen LogP contribution in [0.25, 0.3) is 5.69 Å². The number of anilines is 1. The Kier molecular flexibility index (Phi) is 4.29. The van der Waals surface area contributed by atoms with E-state index in [9.17, 15) is 22.8 Å². The van der Waals surface area contributed by atoms with Crippen LogP contribution in [-0.2, 0) is 14.8 Å². The van der Waals surface area contributed by atoms with Gasteiger partial charge >= 0.3 is 0 Å². The highest BCUT2D eigenvalue weighted by atomic mass is 32.2. The zero-order valence-electron chi connectivity index (χ0n) is 14.5. The van der Waals surface area contributed by atoms with Crippen molar-refractivity contribution in [1.82, 2.24) is 14.2 Å².